The summed E-state index contributed by atoms with van der Waals surface area (Å²) in [4.78, 5) is 2.38. The lowest BCUT2D eigenvalue weighted by Gasteiger charge is -2.17. The van der Waals surface area contributed by atoms with E-state index in [-0.39, 0.29) is 0 Å². The van der Waals surface area contributed by atoms with Gasteiger partial charge in [0, 0.05) is 23.1 Å². The summed E-state index contributed by atoms with van der Waals surface area (Å²) < 4.78 is 6.44. The van der Waals surface area contributed by atoms with Gasteiger partial charge in [-0.2, -0.15) is 0 Å². The lowest BCUT2D eigenvalue weighted by atomic mass is 10.2. The second-order valence-electron chi connectivity index (χ2n) is 4.71. The van der Waals surface area contributed by atoms with E-state index in [9.17, 15) is 0 Å². The molecule has 1 aromatic carbocycles. The topological polar surface area (TPSA) is 24.5 Å². The minimum absolute atomic E-state index is 0.498. The third-order valence-corrected chi connectivity index (χ3v) is 3.90. The number of ether oxygens (including phenoxy) is 1. The van der Waals surface area contributed by atoms with Crippen LogP contribution in [0.5, 0.6) is 5.75 Å². The number of likely N-dealkylation sites (N-methyl/N-ethyl adjacent to an activating group) is 1. The Labute approximate surface area is 111 Å². The molecule has 1 aliphatic heterocycles. The Bertz CT molecular complexity index is 387. The van der Waals surface area contributed by atoms with Crippen molar-refractivity contribution in [2.75, 3.05) is 26.0 Å². The molecule has 2 atom stereocenters. The average Bonchev–Trinajstić information content (AvgIpc) is 2.58. The molecule has 1 aromatic rings. The normalized spacial score (nSPS) is 24.9. The molecule has 3 nitrogen and oxygen atoms in total. The predicted molar refractivity (Wildman–Crippen MR) is 74.8 cm³/mol. The fourth-order valence-electron chi connectivity index (χ4n) is 2.31. The third-order valence-electron chi connectivity index (χ3n) is 3.41. The zero-order chi connectivity index (χ0) is 12.4. The summed E-state index contributed by atoms with van der Waals surface area (Å²) in [5.41, 5.74) is 1.06. The van der Waals surface area contributed by atoms with E-state index in [4.69, 9.17) is 4.74 Å². The average molecular weight is 299 g/mol. The number of hydrogen-bond acceptors (Lipinski definition) is 3. The number of benzene rings is 1. The van der Waals surface area contributed by atoms with Gasteiger partial charge in [-0.1, -0.05) is 15.9 Å². The molecular weight excluding hydrogens is 280 g/mol. The predicted octanol–water partition coefficient (Wildman–Crippen LogP) is 2.96. The van der Waals surface area contributed by atoms with Crippen LogP contribution in [-0.4, -0.2) is 37.7 Å². The van der Waals surface area contributed by atoms with Crippen molar-refractivity contribution in [2.24, 2.45) is 0 Å². The summed E-state index contributed by atoms with van der Waals surface area (Å²) >= 11 is 3.49. The molecule has 1 aliphatic rings. The van der Waals surface area contributed by atoms with E-state index in [1.165, 1.54) is 6.42 Å². The molecule has 0 radical (unpaired) electrons. The van der Waals surface area contributed by atoms with Crippen LogP contribution in [0.25, 0.3) is 0 Å². The van der Waals surface area contributed by atoms with Gasteiger partial charge in [-0.05, 0) is 38.6 Å². The van der Waals surface area contributed by atoms with E-state index >= 15 is 0 Å². The van der Waals surface area contributed by atoms with Gasteiger partial charge in [0.25, 0.3) is 0 Å². The standard InChI is InChI=1S/C13H19BrN2O/c1-9-6-11(8-16(9)2)15-12-7-10(14)4-5-13(12)17-3/h4-5,7,9,11,15H,6,8H2,1-3H3. The van der Waals surface area contributed by atoms with E-state index in [0.717, 1.165) is 22.5 Å². The quantitative estimate of drug-likeness (QED) is 0.928. The smallest absolute Gasteiger partial charge is 0.142 e. The maximum absolute atomic E-state index is 5.37. The molecule has 1 saturated heterocycles. The first-order valence-corrected chi connectivity index (χ1v) is 6.69. The van der Waals surface area contributed by atoms with Gasteiger partial charge >= 0.3 is 0 Å². The highest BCUT2D eigenvalue weighted by molar-refractivity contribution is 9.10. The van der Waals surface area contributed by atoms with Crippen molar-refractivity contribution in [3.8, 4) is 5.75 Å². The number of anilines is 1. The summed E-state index contributed by atoms with van der Waals surface area (Å²) in [5, 5.41) is 3.57. The first kappa shape index (κ1) is 12.7. The Kier molecular flexibility index (Phi) is 3.94. The maximum atomic E-state index is 5.37. The maximum Gasteiger partial charge on any atom is 0.142 e. The summed E-state index contributed by atoms with van der Waals surface area (Å²) in [6, 6.07) is 7.19. The summed E-state index contributed by atoms with van der Waals surface area (Å²) in [5.74, 6) is 0.899. The fraction of sp³-hybridized carbons (Fsp3) is 0.538. The van der Waals surface area contributed by atoms with Crippen LogP contribution < -0.4 is 10.1 Å². The summed E-state index contributed by atoms with van der Waals surface area (Å²) in [6.45, 7) is 3.34. The molecule has 0 saturated carbocycles. The van der Waals surface area contributed by atoms with Gasteiger partial charge in [-0.3, -0.25) is 0 Å². The van der Waals surface area contributed by atoms with Gasteiger partial charge in [0.2, 0.25) is 0 Å². The van der Waals surface area contributed by atoms with Crippen LogP contribution in [0.15, 0.2) is 22.7 Å². The van der Waals surface area contributed by atoms with E-state index in [0.29, 0.717) is 12.1 Å². The van der Waals surface area contributed by atoms with Crippen molar-refractivity contribution in [2.45, 2.75) is 25.4 Å². The van der Waals surface area contributed by atoms with Gasteiger partial charge in [0.15, 0.2) is 0 Å². The number of rotatable bonds is 3. The number of likely N-dealkylation sites (tertiary alicyclic amines) is 1. The Hall–Kier alpha value is -0.740. The first-order chi connectivity index (χ1) is 8.10. The summed E-state index contributed by atoms with van der Waals surface area (Å²) in [6.07, 6.45) is 1.17. The fourth-order valence-corrected chi connectivity index (χ4v) is 2.67. The van der Waals surface area contributed by atoms with Crippen molar-refractivity contribution >= 4 is 21.6 Å². The van der Waals surface area contributed by atoms with Gasteiger partial charge in [-0.15, -0.1) is 0 Å². The highest BCUT2D eigenvalue weighted by Crippen LogP contribution is 2.30. The zero-order valence-electron chi connectivity index (χ0n) is 10.5. The van der Waals surface area contributed by atoms with Crippen LogP contribution in [0.3, 0.4) is 0 Å². The molecule has 1 heterocycles. The van der Waals surface area contributed by atoms with Crippen LogP contribution in [-0.2, 0) is 0 Å². The van der Waals surface area contributed by atoms with Crippen molar-refractivity contribution < 1.29 is 4.74 Å². The highest BCUT2D eigenvalue weighted by atomic mass is 79.9. The van der Waals surface area contributed by atoms with Crippen LogP contribution in [0.4, 0.5) is 5.69 Å². The molecule has 2 unspecified atom stereocenters. The van der Waals surface area contributed by atoms with Gasteiger partial charge in [0.05, 0.1) is 12.8 Å². The highest BCUT2D eigenvalue weighted by Gasteiger charge is 2.26. The van der Waals surface area contributed by atoms with Gasteiger partial charge in [0.1, 0.15) is 5.75 Å². The van der Waals surface area contributed by atoms with E-state index in [1.807, 2.05) is 12.1 Å². The molecule has 17 heavy (non-hydrogen) atoms. The number of methoxy groups -OCH3 is 1. The molecular formula is C13H19BrN2O. The van der Waals surface area contributed by atoms with Crippen LogP contribution in [0.2, 0.25) is 0 Å². The molecule has 94 valence electrons. The Morgan fingerprint density at radius 3 is 2.82 bits per heavy atom. The molecule has 0 aliphatic carbocycles. The molecule has 0 bridgehead atoms. The Morgan fingerprint density at radius 2 is 2.24 bits per heavy atom. The molecule has 1 fully saturated rings. The van der Waals surface area contributed by atoms with Crippen LogP contribution in [0, 0.1) is 0 Å². The van der Waals surface area contributed by atoms with Crippen LogP contribution in [0.1, 0.15) is 13.3 Å². The van der Waals surface area contributed by atoms with Gasteiger partial charge < -0.3 is 15.0 Å². The lowest BCUT2D eigenvalue weighted by Crippen LogP contribution is -2.25. The summed E-state index contributed by atoms with van der Waals surface area (Å²) in [7, 11) is 3.88. The second kappa shape index (κ2) is 5.27. The Morgan fingerprint density at radius 1 is 1.47 bits per heavy atom. The molecule has 2 rings (SSSR count). The second-order valence-corrected chi connectivity index (χ2v) is 5.63. The van der Waals surface area contributed by atoms with E-state index in [1.54, 1.807) is 7.11 Å². The zero-order valence-corrected chi connectivity index (χ0v) is 12.1. The van der Waals surface area contributed by atoms with Crippen molar-refractivity contribution in [3.63, 3.8) is 0 Å². The van der Waals surface area contributed by atoms with E-state index < -0.39 is 0 Å². The van der Waals surface area contributed by atoms with Crippen molar-refractivity contribution in [1.29, 1.82) is 0 Å². The van der Waals surface area contributed by atoms with Crippen molar-refractivity contribution in [1.82, 2.24) is 4.90 Å². The largest absolute Gasteiger partial charge is 0.495 e. The number of hydrogen-bond donors (Lipinski definition) is 1. The third kappa shape index (κ3) is 2.93. The minimum Gasteiger partial charge on any atom is -0.495 e. The SMILES string of the molecule is COc1ccc(Br)cc1NC1CC(C)N(C)C1. The minimum atomic E-state index is 0.498. The van der Waals surface area contributed by atoms with E-state index in [2.05, 4.69) is 46.2 Å². The van der Waals surface area contributed by atoms with Gasteiger partial charge in [-0.25, -0.2) is 0 Å². The Balaban J connectivity index is 2.10. The van der Waals surface area contributed by atoms with Crippen molar-refractivity contribution in [3.05, 3.63) is 22.7 Å². The monoisotopic (exact) mass is 298 g/mol. The molecule has 0 amide bonds. The molecule has 4 heteroatoms. The van der Waals surface area contributed by atoms with Crippen LogP contribution >= 0.6 is 15.9 Å². The molecule has 0 spiro atoms. The number of halogens is 1. The lowest BCUT2D eigenvalue weighted by molar-refractivity contribution is 0.330. The number of nitrogens with zero attached hydrogens (tertiary/aromatic N) is 1. The molecule has 0 aromatic heterocycles. The number of nitrogens with one attached hydrogen (secondary N) is 1. The molecule has 1 N–H and O–H groups in total. The first-order valence-electron chi connectivity index (χ1n) is 5.90.